The Morgan fingerprint density at radius 2 is 1.55 bits per heavy atom. The van der Waals surface area contributed by atoms with Crippen LogP contribution in [0.15, 0.2) is 0 Å². The summed E-state index contributed by atoms with van der Waals surface area (Å²) >= 11 is 0. The highest BCUT2D eigenvalue weighted by atomic mass is 16.4. The molecule has 0 spiro atoms. The fourth-order valence-electron chi connectivity index (χ4n) is 1.60. The van der Waals surface area contributed by atoms with E-state index in [1.54, 1.807) is 0 Å². The van der Waals surface area contributed by atoms with Gasteiger partial charge < -0.3 is 20.8 Å². The third kappa shape index (κ3) is 7.34. The van der Waals surface area contributed by atoms with Crippen LogP contribution < -0.4 is 10.6 Å². The molecule has 0 saturated heterocycles. The maximum Gasteiger partial charge on any atom is 0.326 e. The molecule has 0 radical (unpaired) electrons. The van der Waals surface area contributed by atoms with Gasteiger partial charge in [0.25, 0.3) is 0 Å². The molecule has 0 rings (SSSR count). The zero-order chi connectivity index (χ0) is 15.9. The van der Waals surface area contributed by atoms with Crippen LogP contribution in [0, 0.1) is 5.92 Å². The number of rotatable bonds is 8. The van der Waals surface area contributed by atoms with Crippen molar-refractivity contribution in [2.75, 3.05) is 0 Å². The second kappa shape index (κ2) is 8.13. The lowest BCUT2D eigenvalue weighted by molar-refractivity contribution is -0.147. The quantitative estimate of drug-likeness (QED) is 0.479. The Kier molecular flexibility index (Phi) is 7.27. The number of carbonyl (C=O) groups is 4. The molecule has 0 aliphatic carbocycles. The molecule has 0 aromatic rings. The largest absolute Gasteiger partial charge is 0.481 e. The van der Waals surface area contributed by atoms with E-state index < -0.39 is 42.3 Å². The molecular weight excluding hydrogens is 268 g/mol. The van der Waals surface area contributed by atoms with Crippen LogP contribution in [0.3, 0.4) is 0 Å². The number of carboxylic acid groups (broad SMARTS) is 2. The molecule has 4 N–H and O–H groups in total. The minimum absolute atomic E-state index is 0.0975. The van der Waals surface area contributed by atoms with Gasteiger partial charge in [-0.05, 0) is 12.3 Å². The van der Waals surface area contributed by atoms with Crippen molar-refractivity contribution in [2.24, 2.45) is 5.92 Å². The van der Waals surface area contributed by atoms with Crippen LogP contribution in [0.1, 0.15) is 33.6 Å². The third-order valence-electron chi connectivity index (χ3n) is 2.39. The number of carboxylic acids is 2. The van der Waals surface area contributed by atoms with Gasteiger partial charge in [0.05, 0.1) is 6.42 Å². The van der Waals surface area contributed by atoms with Crippen molar-refractivity contribution < 1.29 is 29.4 Å². The van der Waals surface area contributed by atoms with E-state index in [0.29, 0.717) is 6.42 Å². The highest BCUT2D eigenvalue weighted by molar-refractivity contribution is 5.91. The summed E-state index contributed by atoms with van der Waals surface area (Å²) in [6.45, 7) is 4.93. The number of hydrogen-bond acceptors (Lipinski definition) is 4. The smallest absolute Gasteiger partial charge is 0.326 e. The molecule has 0 fully saturated rings. The summed E-state index contributed by atoms with van der Waals surface area (Å²) in [5, 5.41) is 22.0. The van der Waals surface area contributed by atoms with Crippen molar-refractivity contribution in [1.29, 1.82) is 0 Å². The van der Waals surface area contributed by atoms with E-state index in [1.165, 1.54) is 6.92 Å². The minimum atomic E-state index is -1.52. The normalized spacial score (nSPS) is 13.4. The Labute approximate surface area is 116 Å². The second-order valence-electron chi connectivity index (χ2n) is 4.88. The fraction of sp³-hybridized carbons (Fsp3) is 0.667. The van der Waals surface area contributed by atoms with E-state index in [9.17, 15) is 19.2 Å². The van der Waals surface area contributed by atoms with Crippen LogP contribution >= 0.6 is 0 Å². The molecule has 0 bridgehead atoms. The predicted molar refractivity (Wildman–Crippen MR) is 68.9 cm³/mol. The van der Waals surface area contributed by atoms with Gasteiger partial charge in [-0.15, -0.1) is 0 Å². The minimum Gasteiger partial charge on any atom is -0.481 e. The van der Waals surface area contributed by atoms with Crippen LogP contribution in [-0.2, 0) is 19.2 Å². The van der Waals surface area contributed by atoms with Crippen LogP contribution in [-0.4, -0.2) is 46.0 Å². The Hall–Kier alpha value is -2.12. The molecule has 0 unspecified atom stereocenters. The first-order valence-electron chi connectivity index (χ1n) is 6.15. The lowest BCUT2D eigenvalue weighted by Gasteiger charge is -2.21. The monoisotopic (exact) mass is 288 g/mol. The van der Waals surface area contributed by atoms with Crippen molar-refractivity contribution in [2.45, 2.75) is 45.7 Å². The number of hydrogen-bond donors (Lipinski definition) is 4. The van der Waals surface area contributed by atoms with E-state index in [1.807, 2.05) is 13.8 Å². The molecule has 0 aliphatic heterocycles. The number of nitrogens with one attached hydrogen (secondary N) is 2. The highest BCUT2D eigenvalue weighted by Crippen LogP contribution is 2.06. The van der Waals surface area contributed by atoms with E-state index in [2.05, 4.69) is 10.6 Å². The second-order valence-corrected chi connectivity index (χ2v) is 4.88. The van der Waals surface area contributed by atoms with Gasteiger partial charge in [0, 0.05) is 6.92 Å². The average molecular weight is 288 g/mol. The average Bonchev–Trinajstić information content (AvgIpc) is 2.24. The summed E-state index contributed by atoms with van der Waals surface area (Å²) in [6, 6.07) is -2.41. The Morgan fingerprint density at radius 3 is 1.90 bits per heavy atom. The highest BCUT2D eigenvalue weighted by Gasteiger charge is 2.27. The fourth-order valence-corrected chi connectivity index (χ4v) is 1.60. The molecule has 0 aromatic carbocycles. The van der Waals surface area contributed by atoms with Crippen LogP contribution in [0.25, 0.3) is 0 Å². The molecule has 0 aromatic heterocycles. The molecule has 2 atom stereocenters. The zero-order valence-electron chi connectivity index (χ0n) is 11.7. The topological polar surface area (TPSA) is 133 Å². The number of carbonyl (C=O) groups excluding carboxylic acids is 2. The van der Waals surface area contributed by atoms with Gasteiger partial charge in [0.1, 0.15) is 12.1 Å². The van der Waals surface area contributed by atoms with Gasteiger partial charge in [-0.3, -0.25) is 14.4 Å². The molecule has 0 heterocycles. The zero-order valence-corrected chi connectivity index (χ0v) is 11.7. The van der Waals surface area contributed by atoms with Crippen molar-refractivity contribution >= 4 is 23.8 Å². The molecule has 8 nitrogen and oxygen atoms in total. The number of aliphatic carboxylic acids is 2. The third-order valence-corrected chi connectivity index (χ3v) is 2.39. The standard InChI is InChI=1S/C12H20N2O6/c1-6(2)4-8(13-7(3)15)11(18)14-9(12(19)20)5-10(16)17/h6,8-9H,4-5H2,1-3H3,(H,13,15)(H,14,18)(H,16,17)(H,19,20)/t8-,9-/m0/s1. The summed E-state index contributed by atoms with van der Waals surface area (Å²) in [5.74, 6) is -3.80. The van der Waals surface area contributed by atoms with Crippen LogP contribution in [0.2, 0.25) is 0 Å². The Morgan fingerprint density at radius 1 is 1.00 bits per heavy atom. The molecule has 0 saturated carbocycles. The van der Waals surface area contributed by atoms with Crippen molar-refractivity contribution in [1.82, 2.24) is 10.6 Å². The lowest BCUT2D eigenvalue weighted by atomic mass is 10.0. The summed E-state index contributed by atoms with van der Waals surface area (Å²) in [4.78, 5) is 44.4. The first-order chi connectivity index (χ1) is 9.13. The summed E-state index contributed by atoms with van der Waals surface area (Å²) in [5.41, 5.74) is 0. The van der Waals surface area contributed by atoms with E-state index in [-0.39, 0.29) is 5.92 Å². The van der Waals surface area contributed by atoms with Gasteiger partial charge in [-0.25, -0.2) is 4.79 Å². The van der Waals surface area contributed by atoms with Gasteiger partial charge in [0.15, 0.2) is 0 Å². The van der Waals surface area contributed by atoms with Crippen molar-refractivity contribution in [3.05, 3.63) is 0 Å². The summed E-state index contributed by atoms with van der Waals surface area (Å²) < 4.78 is 0. The SMILES string of the molecule is CC(=O)N[C@@H](CC(C)C)C(=O)N[C@@H](CC(=O)O)C(=O)O. The number of amides is 2. The van der Waals surface area contributed by atoms with E-state index in [4.69, 9.17) is 10.2 Å². The molecule has 2 amide bonds. The molecule has 20 heavy (non-hydrogen) atoms. The predicted octanol–water partition coefficient (Wildman–Crippen LogP) is -0.419. The van der Waals surface area contributed by atoms with Gasteiger partial charge in [-0.1, -0.05) is 13.8 Å². The summed E-state index contributed by atoms with van der Waals surface area (Å²) in [6.07, 6.45) is -0.402. The van der Waals surface area contributed by atoms with Gasteiger partial charge in [0.2, 0.25) is 11.8 Å². The molecule has 114 valence electrons. The van der Waals surface area contributed by atoms with E-state index >= 15 is 0 Å². The Bertz CT molecular complexity index is 393. The molecule has 0 aliphatic rings. The Balaban J connectivity index is 4.81. The first-order valence-corrected chi connectivity index (χ1v) is 6.15. The maximum absolute atomic E-state index is 11.9. The molecule has 8 heteroatoms. The first kappa shape index (κ1) is 17.9. The van der Waals surface area contributed by atoms with Crippen LogP contribution in [0.5, 0.6) is 0 Å². The molecular formula is C12H20N2O6. The maximum atomic E-state index is 11.9. The van der Waals surface area contributed by atoms with E-state index in [0.717, 1.165) is 0 Å². The van der Waals surface area contributed by atoms with Crippen molar-refractivity contribution in [3.8, 4) is 0 Å². The summed E-state index contributed by atoms with van der Waals surface area (Å²) in [7, 11) is 0. The van der Waals surface area contributed by atoms with Crippen LogP contribution in [0.4, 0.5) is 0 Å². The van der Waals surface area contributed by atoms with Gasteiger partial charge in [-0.2, -0.15) is 0 Å². The lowest BCUT2D eigenvalue weighted by Crippen LogP contribution is -2.52. The van der Waals surface area contributed by atoms with Crippen molar-refractivity contribution in [3.63, 3.8) is 0 Å². The van der Waals surface area contributed by atoms with Gasteiger partial charge >= 0.3 is 11.9 Å².